The first-order chi connectivity index (χ1) is 15.5. The zero-order chi connectivity index (χ0) is 25.7. The van der Waals surface area contributed by atoms with E-state index in [1.165, 1.54) is 0 Å². The number of hydrogen-bond acceptors (Lipinski definition) is 13. The first-order valence-electron chi connectivity index (χ1n) is 8.60. The van der Waals surface area contributed by atoms with E-state index in [0.717, 1.165) is 10.9 Å². The van der Waals surface area contributed by atoms with E-state index in [4.69, 9.17) is 25.2 Å². The van der Waals surface area contributed by atoms with E-state index in [1.807, 2.05) is 0 Å². The smallest absolute Gasteiger partial charge is 0.387 e. The number of aromatic nitrogens is 4. The third kappa shape index (κ3) is 5.60. The van der Waals surface area contributed by atoms with Crippen LogP contribution in [0.4, 0.5) is 10.3 Å². The Bertz CT molecular complexity index is 1280. The number of halogens is 1. The molecule has 3 heterocycles. The van der Waals surface area contributed by atoms with Crippen molar-refractivity contribution in [3.8, 4) is 0 Å². The van der Waals surface area contributed by atoms with E-state index in [0.29, 0.717) is 0 Å². The predicted molar refractivity (Wildman–Crippen MR) is 103 cm³/mol. The third-order valence-corrected chi connectivity index (χ3v) is 8.13. The highest BCUT2D eigenvalue weighted by Crippen LogP contribution is 2.66. The van der Waals surface area contributed by atoms with Crippen molar-refractivity contribution in [2.45, 2.75) is 24.0 Å². The minimum atomic E-state index is -5.81. The van der Waals surface area contributed by atoms with Crippen molar-refractivity contribution in [1.29, 1.82) is 0 Å². The molecule has 0 aromatic carbocycles. The highest BCUT2D eigenvalue weighted by molar-refractivity contribution is 7.66. The van der Waals surface area contributed by atoms with Crippen LogP contribution < -0.4 is 11.3 Å². The molecule has 3 unspecified atom stereocenters. The van der Waals surface area contributed by atoms with Crippen LogP contribution in [0, 0.1) is 0 Å². The van der Waals surface area contributed by atoms with Gasteiger partial charge in [0, 0.05) is 0 Å². The zero-order valence-corrected chi connectivity index (χ0v) is 19.0. The van der Waals surface area contributed by atoms with Gasteiger partial charge in [-0.1, -0.05) is 0 Å². The number of nitrogens with one attached hydrogen (secondary N) is 1. The SMILES string of the molecule is Nc1nc2c(ncn2C2O[C@H](COP(=O)(O)OP(=O)(O)OP(=O)(O)O)[C@@H](O)[C@]2(O)CF)c(=O)[nH]1. The molecule has 3 rings (SSSR count). The molecule has 6 atom stereocenters. The Morgan fingerprint density at radius 2 is 1.88 bits per heavy atom. The van der Waals surface area contributed by atoms with Crippen LogP contribution in [0.5, 0.6) is 0 Å². The maximum Gasteiger partial charge on any atom is 0.490 e. The molecule has 34 heavy (non-hydrogen) atoms. The summed E-state index contributed by atoms with van der Waals surface area (Å²) in [4.78, 5) is 57.3. The van der Waals surface area contributed by atoms with Crippen molar-refractivity contribution in [2.75, 3.05) is 19.0 Å². The number of rotatable bonds is 9. The molecule has 1 aliphatic rings. The van der Waals surface area contributed by atoms with Crippen LogP contribution in [-0.2, 0) is 31.6 Å². The van der Waals surface area contributed by atoms with Crippen molar-refractivity contribution in [3.05, 3.63) is 16.7 Å². The fourth-order valence-corrected chi connectivity index (χ4v) is 6.02. The monoisotopic (exact) mass is 555 g/mol. The van der Waals surface area contributed by atoms with Gasteiger partial charge in [-0.05, 0) is 0 Å². The number of hydrogen-bond donors (Lipinski definition) is 8. The molecule has 0 saturated carbocycles. The van der Waals surface area contributed by atoms with Crippen LogP contribution in [-0.4, -0.2) is 80.4 Å². The van der Waals surface area contributed by atoms with E-state index in [9.17, 15) is 38.0 Å². The number of aliphatic hydroxyl groups excluding tert-OH is 1. The molecule has 0 bridgehead atoms. The highest BCUT2D eigenvalue weighted by Gasteiger charge is 2.57. The fourth-order valence-electron chi connectivity index (χ4n) is 2.99. The number of nitrogens with two attached hydrogens (primary N) is 1. The van der Waals surface area contributed by atoms with E-state index in [-0.39, 0.29) is 17.1 Å². The molecule has 0 amide bonds. The van der Waals surface area contributed by atoms with E-state index in [1.54, 1.807) is 0 Å². The Morgan fingerprint density at radius 1 is 1.24 bits per heavy atom. The number of aromatic amines is 1. The van der Waals surface area contributed by atoms with Crippen LogP contribution in [0.15, 0.2) is 11.1 Å². The zero-order valence-electron chi connectivity index (χ0n) is 16.3. The second-order valence-corrected chi connectivity index (χ2v) is 11.2. The molecule has 19 nitrogen and oxygen atoms in total. The molecule has 1 saturated heterocycles. The first kappa shape index (κ1) is 27.0. The summed E-state index contributed by atoms with van der Waals surface area (Å²) in [5.41, 5.74) is 1.37. The number of nitrogen functional groups attached to an aromatic ring is 1. The summed E-state index contributed by atoms with van der Waals surface area (Å²) in [6, 6.07) is 0. The molecule has 2 aromatic heterocycles. The molecular formula is C11H17FN5O14P3. The lowest BCUT2D eigenvalue weighted by Gasteiger charge is -2.28. The van der Waals surface area contributed by atoms with Gasteiger partial charge in [0.1, 0.15) is 18.9 Å². The van der Waals surface area contributed by atoms with Gasteiger partial charge in [0.05, 0.1) is 12.9 Å². The Labute approximate surface area is 186 Å². The summed E-state index contributed by atoms with van der Waals surface area (Å²) in [6.07, 6.45) is -4.88. The van der Waals surface area contributed by atoms with E-state index in [2.05, 4.69) is 28.1 Å². The Kier molecular flexibility index (Phi) is 7.22. The van der Waals surface area contributed by atoms with Gasteiger partial charge >= 0.3 is 23.5 Å². The van der Waals surface area contributed by atoms with Gasteiger partial charge in [-0.15, -0.1) is 0 Å². The summed E-state index contributed by atoms with van der Waals surface area (Å²) in [6.45, 7) is -2.84. The number of fused-ring (bicyclic) bond motifs is 1. The number of H-pyrrole nitrogens is 1. The average Bonchev–Trinajstić information content (AvgIpc) is 3.17. The summed E-state index contributed by atoms with van der Waals surface area (Å²) in [7, 11) is -17.0. The van der Waals surface area contributed by atoms with Crippen molar-refractivity contribution in [1.82, 2.24) is 19.5 Å². The quantitative estimate of drug-likeness (QED) is 0.155. The Morgan fingerprint density at radius 3 is 2.47 bits per heavy atom. The fraction of sp³-hybridized carbons (Fsp3) is 0.545. The molecule has 2 aromatic rings. The Balaban J connectivity index is 1.82. The maximum absolute atomic E-state index is 13.8. The molecule has 9 N–H and O–H groups in total. The standard InChI is InChI=1S/C11H17FN5O14P3/c12-2-11(20)6(18)4(1-28-33(24,25)31-34(26,27)30-32(21,22)23)29-9(11)17-3-14-5-7(17)15-10(13)16-8(5)19/h3-4,6,9,18,20H,1-2H2,(H,24,25)(H,26,27)(H2,21,22,23)(H3,13,15,16,19)/t4-,6-,9?,11-/m1/s1. The lowest BCUT2D eigenvalue weighted by molar-refractivity contribution is -0.118. The molecule has 1 fully saturated rings. The largest absolute Gasteiger partial charge is 0.490 e. The van der Waals surface area contributed by atoms with Crippen molar-refractivity contribution < 1.29 is 65.8 Å². The number of nitrogens with zero attached hydrogens (tertiary/aromatic N) is 3. The normalized spacial score (nSPS) is 29.2. The summed E-state index contributed by atoms with van der Waals surface area (Å²) >= 11 is 0. The van der Waals surface area contributed by atoms with Crippen molar-refractivity contribution in [2.24, 2.45) is 0 Å². The number of aliphatic hydroxyl groups is 2. The number of imidazole rings is 1. The topological polar surface area (TPSA) is 299 Å². The van der Waals surface area contributed by atoms with Gasteiger partial charge in [0.15, 0.2) is 23.0 Å². The highest BCUT2D eigenvalue weighted by atomic mass is 31.3. The number of phosphoric ester groups is 1. The molecule has 1 aliphatic heterocycles. The number of alkyl halides is 1. The lowest BCUT2D eigenvalue weighted by atomic mass is 9.95. The van der Waals surface area contributed by atoms with Crippen LogP contribution in [0.1, 0.15) is 6.23 Å². The predicted octanol–water partition coefficient (Wildman–Crippen LogP) is -2.00. The molecule has 0 aliphatic carbocycles. The minimum absolute atomic E-state index is 0.279. The third-order valence-electron chi connectivity index (χ3n) is 4.33. The summed E-state index contributed by atoms with van der Waals surface area (Å²) < 4.78 is 65.3. The van der Waals surface area contributed by atoms with Crippen LogP contribution in [0.3, 0.4) is 0 Å². The maximum atomic E-state index is 13.8. The van der Waals surface area contributed by atoms with Gasteiger partial charge in [-0.2, -0.15) is 13.6 Å². The lowest BCUT2D eigenvalue weighted by Crippen LogP contribution is -2.49. The van der Waals surface area contributed by atoms with Gasteiger partial charge in [-0.3, -0.25) is 18.9 Å². The minimum Gasteiger partial charge on any atom is -0.387 e. The number of ether oxygens (including phenoxy) is 1. The summed E-state index contributed by atoms with van der Waals surface area (Å²) in [5.74, 6) is -0.370. The van der Waals surface area contributed by atoms with Crippen molar-refractivity contribution in [3.63, 3.8) is 0 Å². The van der Waals surface area contributed by atoms with E-state index < -0.39 is 66.3 Å². The molecule has 0 radical (unpaired) electrons. The summed E-state index contributed by atoms with van der Waals surface area (Å²) in [5, 5.41) is 21.0. The Hall–Kier alpha value is -1.63. The van der Waals surface area contributed by atoms with Gasteiger partial charge < -0.3 is 40.3 Å². The van der Waals surface area contributed by atoms with Crippen LogP contribution in [0.2, 0.25) is 0 Å². The molecule has 192 valence electrons. The molecule has 0 spiro atoms. The van der Waals surface area contributed by atoms with Crippen molar-refractivity contribution >= 4 is 40.6 Å². The number of phosphoric acid groups is 3. The first-order valence-corrected chi connectivity index (χ1v) is 13.1. The molecule has 23 heteroatoms. The van der Waals surface area contributed by atoms with Gasteiger partial charge in [0.25, 0.3) is 5.56 Å². The number of anilines is 1. The van der Waals surface area contributed by atoms with Gasteiger partial charge in [-0.25, -0.2) is 23.1 Å². The molecular weight excluding hydrogens is 538 g/mol. The second-order valence-electron chi connectivity index (χ2n) is 6.76. The second kappa shape index (κ2) is 9.11. The van der Waals surface area contributed by atoms with E-state index >= 15 is 0 Å². The van der Waals surface area contributed by atoms with Gasteiger partial charge in [0.2, 0.25) is 5.95 Å². The van der Waals surface area contributed by atoms with Crippen LogP contribution >= 0.6 is 23.5 Å². The average molecular weight is 555 g/mol. The van der Waals surface area contributed by atoms with Crippen LogP contribution in [0.25, 0.3) is 11.2 Å².